The highest BCUT2D eigenvalue weighted by atomic mass is 32.1. The zero-order valence-corrected chi connectivity index (χ0v) is 12.2. The van der Waals surface area contributed by atoms with Crippen LogP contribution in [0.2, 0.25) is 0 Å². The van der Waals surface area contributed by atoms with Crippen molar-refractivity contribution in [3.8, 4) is 0 Å². The van der Waals surface area contributed by atoms with Gasteiger partial charge in [0.05, 0.1) is 7.11 Å². The molecule has 0 saturated heterocycles. The van der Waals surface area contributed by atoms with Gasteiger partial charge in [-0.15, -0.1) is 0 Å². The van der Waals surface area contributed by atoms with Crippen LogP contribution in [0.25, 0.3) is 0 Å². The van der Waals surface area contributed by atoms with Gasteiger partial charge in [0, 0.05) is 24.6 Å². The van der Waals surface area contributed by atoms with Crippen molar-refractivity contribution in [3.63, 3.8) is 0 Å². The fourth-order valence-electron chi connectivity index (χ4n) is 1.49. The summed E-state index contributed by atoms with van der Waals surface area (Å²) in [5.74, 6) is -1.52. The van der Waals surface area contributed by atoms with Crippen molar-refractivity contribution >= 4 is 30.5 Å². The number of thiol groups is 1. The van der Waals surface area contributed by atoms with Gasteiger partial charge in [-0.1, -0.05) is 6.92 Å². The molecule has 0 aliphatic heterocycles. The standard InChI is InChI=1S/C12H21NO5S/c1-9(8-19)12(17)13(7-10(14)15)6-4-3-5-11(16)18-2/h9,19H,3-8H2,1-2H3,(H,14,15)/t9-/m1/s1. The molecule has 19 heavy (non-hydrogen) atoms. The van der Waals surface area contributed by atoms with Gasteiger partial charge in [0.25, 0.3) is 0 Å². The maximum absolute atomic E-state index is 11.9. The van der Waals surface area contributed by atoms with Gasteiger partial charge in [0.1, 0.15) is 6.54 Å². The largest absolute Gasteiger partial charge is 0.480 e. The van der Waals surface area contributed by atoms with E-state index in [1.54, 1.807) is 6.92 Å². The molecule has 1 N–H and O–H groups in total. The quantitative estimate of drug-likeness (QED) is 0.373. The topological polar surface area (TPSA) is 83.9 Å². The summed E-state index contributed by atoms with van der Waals surface area (Å²) in [5.41, 5.74) is 0. The predicted octanol–water partition coefficient (Wildman–Crippen LogP) is 0.809. The predicted molar refractivity (Wildman–Crippen MR) is 73.1 cm³/mol. The van der Waals surface area contributed by atoms with E-state index in [0.717, 1.165) is 0 Å². The molecule has 0 unspecified atom stereocenters. The molecule has 0 aromatic heterocycles. The molecule has 0 aliphatic rings. The van der Waals surface area contributed by atoms with Crippen LogP contribution in [0.15, 0.2) is 0 Å². The van der Waals surface area contributed by atoms with Crippen LogP contribution in [-0.4, -0.2) is 53.8 Å². The Kier molecular flexibility index (Phi) is 9.03. The van der Waals surface area contributed by atoms with Gasteiger partial charge in [0.2, 0.25) is 5.91 Å². The summed E-state index contributed by atoms with van der Waals surface area (Å²) in [5, 5.41) is 8.78. The highest BCUT2D eigenvalue weighted by molar-refractivity contribution is 7.80. The number of hydrogen-bond donors (Lipinski definition) is 2. The Bertz CT molecular complexity index is 321. The Morgan fingerprint density at radius 2 is 1.95 bits per heavy atom. The Morgan fingerprint density at radius 1 is 1.32 bits per heavy atom. The molecule has 1 atom stereocenters. The number of amides is 1. The Balaban J connectivity index is 4.24. The molecule has 110 valence electrons. The minimum absolute atomic E-state index is 0.226. The maximum Gasteiger partial charge on any atom is 0.323 e. The van der Waals surface area contributed by atoms with Crippen molar-refractivity contribution in [2.75, 3.05) is 26.0 Å². The van der Waals surface area contributed by atoms with Crippen LogP contribution < -0.4 is 0 Å². The molecule has 0 radical (unpaired) electrons. The van der Waals surface area contributed by atoms with Crippen LogP contribution in [0.5, 0.6) is 0 Å². The number of methoxy groups -OCH3 is 1. The molecule has 0 aliphatic carbocycles. The first-order valence-corrected chi connectivity index (χ1v) is 6.73. The van der Waals surface area contributed by atoms with E-state index >= 15 is 0 Å². The molecule has 0 bridgehead atoms. The summed E-state index contributed by atoms with van der Waals surface area (Å²) in [6.07, 6.45) is 1.40. The number of nitrogens with zero attached hydrogens (tertiary/aromatic N) is 1. The van der Waals surface area contributed by atoms with E-state index < -0.39 is 5.97 Å². The van der Waals surface area contributed by atoms with Crippen molar-refractivity contribution in [2.45, 2.75) is 26.2 Å². The number of carboxylic acids is 1. The van der Waals surface area contributed by atoms with Crippen LogP contribution in [-0.2, 0) is 19.1 Å². The highest BCUT2D eigenvalue weighted by Gasteiger charge is 2.21. The third-order valence-electron chi connectivity index (χ3n) is 2.62. The van der Waals surface area contributed by atoms with Crippen LogP contribution in [0.3, 0.4) is 0 Å². The molecule has 1 amide bonds. The fraction of sp³-hybridized carbons (Fsp3) is 0.750. The fourth-order valence-corrected chi connectivity index (χ4v) is 1.65. The minimum Gasteiger partial charge on any atom is -0.480 e. The second-order valence-corrected chi connectivity index (χ2v) is 4.64. The summed E-state index contributed by atoms with van der Waals surface area (Å²) >= 11 is 4.03. The molecule has 0 aromatic carbocycles. The summed E-state index contributed by atoms with van der Waals surface area (Å²) in [4.78, 5) is 34.8. The second kappa shape index (κ2) is 9.66. The lowest BCUT2D eigenvalue weighted by molar-refractivity contribution is -0.146. The number of ether oxygens (including phenoxy) is 1. The van der Waals surface area contributed by atoms with Gasteiger partial charge >= 0.3 is 11.9 Å². The first kappa shape index (κ1) is 17.8. The van der Waals surface area contributed by atoms with Gasteiger partial charge in [-0.25, -0.2) is 0 Å². The monoisotopic (exact) mass is 291 g/mol. The van der Waals surface area contributed by atoms with Gasteiger partial charge in [0.15, 0.2) is 0 Å². The molecule has 0 saturated carbocycles. The lowest BCUT2D eigenvalue weighted by atomic mass is 10.1. The number of rotatable bonds is 9. The average molecular weight is 291 g/mol. The van der Waals surface area contributed by atoms with Gasteiger partial charge < -0.3 is 14.7 Å². The number of carbonyl (C=O) groups is 3. The molecule has 0 aromatic rings. The maximum atomic E-state index is 11.9. The number of carbonyl (C=O) groups excluding carboxylic acids is 2. The van der Waals surface area contributed by atoms with Crippen LogP contribution in [0.1, 0.15) is 26.2 Å². The summed E-state index contributed by atoms with van der Waals surface area (Å²) in [7, 11) is 1.32. The van der Waals surface area contributed by atoms with Crippen molar-refractivity contribution in [1.82, 2.24) is 4.90 Å². The first-order chi connectivity index (χ1) is 8.92. The lowest BCUT2D eigenvalue weighted by Gasteiger charge is -2.23. The minimum atomic E-state index is -1.05. The second-order valence-electron chi connectivity index (χ2n) is 4.27. The van der Waals surface area contributed by atoms with Crippen LogP contribution >= 0.6 is 12.6 Å². The van der Waals surface area contributed by atoms with E-state index in [2.05, 4.69) is 17.4 Å². The first-order valence-electron chi connectivity index (χ1n) is 6.10. The van der Waals surface area contributed by atoms with Gasteiger partial charge in [-0.2, -0.15) is 12.6 Å². The average Bonchev–Trinajstić information content (AvgIpc) is 2.39. The third kappa shape index (κ3) is 7.71. The number of carboxylic acid groups (broad SMARTS) is 1. The van der Waals surface area contributed by atoms with E-state index in [0.29, 0.717) is 25.1 Å². The smallest absolute Gasteiger partial charge is 0.323 e. The Morgan fingerprint density at radius 3 is 2.42 bits per heavy atom. The molecule has 0 rings (SSSR count). The number of unbranched alkanes of at least 4 members (excludes halogenated alkanes) is 1. The SMILES string of the molecule is COC(=O)CCCCN(CC(=O)O)C(=O)[C@H](C)CS. The number of esters is 1. The van der Waals surface area contributed by atoms with Gasteiger partial charge in [-0.05, 0) is 12.8 Å². The zero-order chi connectivity index (χ0) is 14.8. The zero-order valence-electron chi connectivity index (χ0n) is 11.3. The molecule has 7 heteroatoms. The van der Waals surface area contributed by atoms with Crippen molar-refractivity contribution in [2.24, 2.45) is 5.92 Å². The van der Waals surface area contributed by atoms with E-state index in [9.17, 15) is 14.4 Å². The third-order valence-corrected chi connectivity index (χ3v) is 3.17. The molecular weight excluding hydrogens is 270 g/mol. The van der Waals surface area contributed by atoms with Crippen LogP contribution in [0.4, 0.5) is 0 Å². The van der Waals surface area contributed by atoms with Crippen LogP contribution in [0, 0.1) is 5.92 Å². The number of aliphatic carboxylic acids is 1. The lowest BCUT2D eigenvalue weighted by Crippen LogP contribution is -2.40. The Labute approximate surface area is 118 Å². The molecule has 6 nitrogen and oxygen atoms in total. The Hall–Kier alpha value is -1.24. The van der Waals surface area contributed by atoms with Crippen molar-refractivity contribution in [1.29, 1.82) is 0 Å². The molecular formula is C12H21NO5S. The molecule has 0 spiro atoms. The number of hydrogen-bond acceptors (Lipinski definition) is 5. The summed E-state index contributed by atoms with van der Waals surface area (Å²) < 4.78 is 4.50. The van der Waals surface area contributed by atoms with Gasteiger partial charge in [-0.3, -0.25) is 14.4 Å². The summed E-state index contributed by atoms with van der Waals surface area (Å²) in [6.45, 7) is 1.70. The van der Waals surface area contributed by atoms with Crippen molar-refractivity contribution in [3.05, 3.63) is 0 Å². The van der Waals surface area contributed by atoms with E-state index in [1.807, 2.05) is 0 Å². The molecule has 0 fully saturated rings. The normalized spacial score (nSPS) is 11.7. The van der Waals surface area contributed by atoms with Crippen molar-refractivity contribution < 1.29 is 24.2 Å². The van der Waals surface area contributed by atoms with E-state index in [4.69, 9.17) is 5.11 Å². The molecule has 0 heterocycles. The van der Waals surface area contributed by atoms with E-state index in [-0.39, 0.29) is 30.8 Å². The highest BCUT2D eigenvalue weighted by Crippen LogP contribution is 2.07. The summed E-state index contributed by atoms with van der Waals surface area (Å²) in [6, 6.07) is 0. The van der Waals surface area contributed by atoms with E-state index in [1.165, 1.54) is 12.0 Å².